The van der Waals surface area contributed by atoms with Crippen molar-refractivity contribution in [1.29, 1.82) is 0 Å². The Labute approximate surface area is 118 Å². The summed E-state index contributed by atoms with van der Waals surface area (Å²) in [5.74, 6) is -0.993. The molecule has 7 nitrogen and oxygen atoms in total. The fourth-order valence-electron chi connectivity index (χ4n) is 2.43. The zero-order chi connectivity index (χ0) is 15.3. The van der Waals surface area contributed by atoms with Crippen molar-refractivity contribution in [1.82, 2.24) is 0 Å². The monoisotopic (exact) mass is 283 g/mol. The summed E-state index contributed by atoms with van der Waals surface area (Å²) in [4.78, 5) is 35.1. The average Bonchev–Trinajstić information content (AvgIpc) is 2.46. The molecule has 0 amide bonds. The molecule has 1 aliphatic rings. The topological polar surface area (TPSA) is 129 Å². The van der Waals surface area contributed by atoms with Gasteiger partial charge in [0, 0.05) is 34.6 Å². The number of fused-ring (bicyclic) bond motifs is 2. The first-order valence-corrected chi connectivity index (χ1v) is 5.97. The van der Waals surface area contributed by atoms with Gasteiger partial charge in [0.05, 0.1) is 16.1 Å². The molecule has 0 heterocycles. The second-order valence-electron chi connectivity index (χ2n) is 4.64. The molecular weight excluding hydrogens is 274 g/mol. The lowest BCUT2D eigenvalue weighted by molar-refractivity contribution is -0.384. The van der Waals surface area contributed by atoms with Crippen molar-refractivity contribution in [2.45, 2.75) is 0 Å². The number of nitrogens with zero attached hydrogens (tertiary/aromatic N) is 1. The first kappa shape index (κ1) is 12.8. The van der Waals surface area contributed by atoms with Gasteiger partial charge in [0.2, 0.25) is 0 Å². The van der Waals surface area contributed by atoms with Gasteiger partial charge < -0.3 is 11.5 Å². The van der Waals surface area contributed by atoms with Crippen molar-refractivity contribution in [3.8, 4) is 0 Å². The van der Waals surface area contributed by atoms with E-state index < -0.39 is 16.5 Å². The molecule has 1 aliphatic carbocycles. The van der Waals surface area contributed by atoms with Gasteiger partial charge in [0.15, 0.2) is 11.6 Å². The van der Waals surface area contributed by atoms with Gasteiger partial charge in [0.25, 0.3) is 5.69 Å². The number of ketones is 2. The lowest BCUT2D eigenvalue weighted by Crippen LogP contribution is -2.23. The molecule has 0 spiro atoms. The smallest absolute Gasteiger partial charge is 0.270 e. The van der Waals surface area contributed by atoms with E-state index in [1.807, 2.05) is 0 Å². The quantitative estimate of drug-likeness (QED) is 0.396. The Balaban J connectivity index is 2.33. The number of anilines is 2. The Morgan fingerprint density at radius 3 is 1.90 bits per heavy atom. The number of hydrogen-bond donors (Lipinski definition) is 2. The van der Waals surface area contributed by atoms with Crippen LogP contribution in [0.5, 0.6) is 0 Å². The molecule has 0 aliphatic heterocycles. The second-order valence-corrected chi connectivity index (χ2v) is 4.64. The largest absolute Gasteiger partial charge is 0.398 e. The standard InChI is InChI=1S/C14H9N3O4/c15-9-3-4-10(16)12-11(9)13(18)7-2-1-6(17(20)21)5-8(7)14(12)19/h1-5H,15-16H2. The molecule has 0 aromatic heterocycles. The van der Waals surface area contributed by atoms with Crippen LogP contribution in [0.4, 0.5) is 17.1 Å². The molecule has 0 saturated heterocycles. The maximum atomic E-state index is 12.5. The molecule has 0 radical (unpaired) electrons. The van der Waals surface area contributed by atoms with E-state index in [0.717, 1.165) is 6.07 Å². The maximum absolute atomic E-state index is 12.5. The van der Waals surface area contributed by atoms with Gasteiger partial charge in [-0.05, 0) is 18.2 Å². The van der Waals surface area contributed by atoms with Crippen molar-refractivity contribution < 1.29 is 14.5 Å². The maximum Gasteiger partial charge on any atom is 0.270 e. The molecule has 0 atom stereocenters. The molecule has 3 rings (SSSR count). The summed E-state index contributed by atoms with van der Waals surface area (Å²) >= 11 is 0. The third-order valence-electron chi connectivity index (χ3n) is 3.43. The van der Waals surface area contributed by atoms with Crippen LogP contribution < -0.4 is 11.5 Å². The molecule has 2 aromatic carbocycles. The van der Waals surface area contributed by atoms with Crippen LogP contribution in [-0.4, -0.2) is 16.5 Å². The van der Waals surface area contributed by atoms with Gasteiger partial charge in [-0.25, -0.2) is 0 Å². The lowest BCUT2D eigenvalue weighted by atomic mass is 9.82. The molecule has 0 fully saturated rings. The summed E-state index contributed by atoms with van der Waals surface area (Å²) < 4.78 is 0. The van der Waals surface area contributed by atoms with E-state index in [-0.39, 0.29) is 39.3 Å². The Morgan fingerprint density at radius 2 is 1.38 bits per heavy atom. The summed E-state index contributed by atoms with van der Waals surface area (Å²) in [7, 11) is 0. The highest BCUT2D eigenvalue weighted by Crippen LogP contribution is 2.35. The minimum Gasteiger partial charge on any atom is -0.398 e. The van der Waals surface area contributed by atoms with Gasteiger partial charge >= 0.3 is 0 Å². The summed E-state index contributed by atoms with van der Waals surface area (Å²) in [5.41, 5.74) is 11.7. The van der Waals surface area contributed by atoms with Crippen LogP contribution in [0.3, 0.4) is 0 Å². The molecule has 21 heavy (non-hydrogen) atoms. The number of rotatable bonds is 1. The predicted octanol–water partition coefficient (Wildman–Crippen LogP) is 1.53. The summed E-state index contributed by atoms with van der Waals surface area (Å²) in [6, 6.07) is 6.41. The summed E-state index contributed by atoms with van der Waals surface area (Å²) in [6.07, 6.45) is 0. The third kappa shape index (κ3) is 1.68. The minimum absolute atomic E-state index is 0.00741. The van der Waals surface area contributed by atoms with E-state index in [0.29, 0.717) is 0 Å². The fourth-order valence-corrected chi connectivity index (χ4v) is 2.43. The van der Waals surface area contributed by atoms with E-state index in [1.54, 1.807) is 0 Å². The molecule has 0 unspecified atom stereocenters. The first-order chi connectivity index (χ1) is 9.91. The average molecular weight is 283 g/mol. The van der Waals surface area contributed by atoms with Crippen LogP contribution >= 0.6 is 0 Å². The highest BCUT2D eigenvalue weighted by Gasteiger charge is 2.34. The number of benzene rings is 2. The van der Waals surface area contributed by atoms with Crippen molar-refractivity contribution in [2.24, 2.45) is 0 Å². The first-order valence-electron chi connectivity index (χ1n) is 5.97. The van der Waals surface area contributed by atoms with E-state index >= 15 is 0 Å². The van der Waals surface area contributed by atoms with Gasteiger partial charge in [-0.2, -0.15) is 0 Å². The van der Waals surface area contributed by atoms with Crippen molar-refractivity contribution >= 4 is 28.6 Å². The van der Waals surface area contributed by atoms with Crippen LogP contribution in [0.2, 0.25) is 0 Å². The number of non-ortho nitro benzene ring substituents is 1. The van der Waals surface area contributed by atoms with E-state index in [1.165, 1.54) is 24.3 Å². The van der Waals surface area contributed by atoms with Crippen molar-refractivity contribution in [2.75, 3.05) is 11.5 Å². The van der Waals surface area contributed by atoms with Crippen LogP contribution in [0, 0.1) is 10.1 Å². The summed E-state index contributed by atoms with van der Waals surface area (Å²) in [6.45, 7) is 0. The molecule has 4 N–H and O–H groups in total. The molecular formula is C14H9N3O4. The van der Waals surface area contributed by atoms with Crippen LogP contribution in [0.15, 0.2) is 30.3 Å². The van der Waals surface area contributed by atoms with Crippen LogP contribution in [-0.2, 0) is 0 Å². The fraction of sp³-hybridized carbons (Fsp3) is 0. The van der Waals surface area contributed by atoms with Crippen LogP contribution in [0.25, 0.3) is 0 Å². The van der Waals surface area contributed by atoms with E-state index in [2.05, 4.69) is 0 Å². The number of hydrogen-bond acceptors (Lipinski definition) is 6. The predicted molar refractivity (Wildman–Crippen MR) is 75.2 cm³/mol. The normalized spacial score (nSPS) is 12.8. The Bertz CT molecular complexity index is 842. The Hall–Kier alpha value is -3.22. The zero-order valence-corrected chi connectivity index (χ0v) is 10.6. The number of nitrogens with two attached hydrogens (primary N) is 2. The SMILES string of the molecule is Nc1ccc(N)c2c1C(=O)c1ccc([N+](=O)[O-])cc1C2=O. The number of carbonyl (C=O) groups excluding carboxylic acids is 2. The third-order valence-corrected chi connectivity index (χ3v) is 3.43. The summed E-state index contributed by atoms with van der Waals surface area (Å²) in [5, 5.41) is 10.8. The van der Waals surface area contributed by atoms with Crippen molar-refractivity contribution in [3.63, 3.8) is 0 Å². The van der Waals surface area contributed by atoms with Gasteiger partial charge in [-0.1, -0.05) is 0 Å². The molecule has 2 aromatic rings. The zero-order valence-electron chi connectivity index (χ0n) is 10.6. The lowest BCUT2D eigenvalue weighted by Gasteiger charge is -2.20. The Morgan fingerprint density at radius 1 is 0.857 bits per heavy atom. The number of nitrogen functional groups attached to an aromatic ring is 2. The number of nitro groups is 1. The van der Waals surface area contributed by atoms with Gasteiger partial charge in [0.1, 0.15) is 0 Å². The number of carbonyl (C=O) groups is 2. The minimum atomic E-state index is -0.629. The second kappa shape index (κ2) is 4.14. The number of nitro benzene ring substituents is 1. The van der Waals surface area contributed by atoms with E-state index in [9.17, 15) is 19.7 Å². The van der Waals surface area contributed by atoms with Crippen molar-refractivity contribution in [3.05, 3.63) is 62.7 Å². The van der Waals surface area contributed by atoms with Gasteiger partial charge in [-0.15, -0.1) is 0 Å². The Kier molecular flexibility index (Phi) is 2.52. The van der Waals surface area contributed by atoms with Crippen LogP contribution in [0.1, 0.15) is 31.8 Å². The molecule has 0 bridgehead atoms. The highest BCUT2D eigenvalue weighted by molar-refractivity contribution is 6.31. The highest BCUT2D eigenvalue weighted by atomic mass is 16.6. The molecule has 0 saturated carbocycles. The van der Waals surface area contributed by atoms with Gasteiger partial charge in [-0.3, -0.25) is 19.7 Å². The van der Waals surface area contributed by atoms with E-state index in [4.69, 9.17) is 11.5 Å². The molecule has 104 valence electrons. The molecule has 7 heteroatoms.